The zero-order valence-corrected chi connectivity index (χ0v) is 9.66. The summed E-state index contributed by atoms with van der Waals surface area (Å²) in [5, 5.41) is 9.55. The first-order valence-electron chi connectivity index (χ1n) is 5.72. The lowest BCUT2D eigenvalue weighted by Crippen LogP contribution is -2.58. The molecule has 3 N–H and O–H groups in total. The average Bonchev–Trinajstić information content (AvgIpc) is 2.21. The van der Waals surface area contributed by atoms with E-state index in [0.717, 1.165) is 32.4 Å². The molecule has 1 rings (SSSR count). The van der Waals surface area contributed by atoms with Crippen LogP contribution in [-0.2, 0) is 0 Å². The van der Waals surface area contributed by atoms with Crippen molar-refractivity contribution in [3.8, 4) is 0 Å². The van der Waals surface area contributed by atoms with Gasteiger partial charge in [-0.3, -0.25) is 4.90 Å². The molecular weight excluding hydrogens is 176 g/mol. The van der Waals surface area contributed by atoms with Crippen LogP contribution in [0.1, 0.15) is 40.0 Å². The lowest BCUT2D eigenvalue weighted by Gasteiger charge is -2.45. The van der Waals surface area contributed by atoms with Gasteiger partial charge in [-0.2, -0.15) is 0 Å². The smallest absolute Gasteiger partial charge is 0.0715 e. The second-order valence-electron chi connectivity index (χ2n) is 4.67. The van der Waals surface area contributed by atoms with E-state index in [2.05, 4.69) is 25.7 Å². The van der Waals surface area contributed by atoms with E-state index in [1.807, 2.05) is 0 Å². The van der Waals surface area contributed by atoms with E-state index in [9.17, 15) is 5.11 Å². The number of aliphatic hydroxyl groups excluding tert-OH is 1. The van der Waals surface area contributed by atoms with Crippen LogP contribution in [0.5, 0.6) is 0 Å². The molecular formula is C11H24N2O. The number of rotatable bonds is 3. The Morgan fingerprint density at radius 2 is 2.00 bits per heavy atom. The number of nitrogens with two attached hydrogens (primary N) is 1. The van der Waals surface area contributed by atoms with Gasteiger partial charge in [0.2, 0.25) is 0 Å². The summed E-state index contributed by atoms with van der Waals surface area (Å²) in [4.78, 5) is 2.43. The van der Waals surface area contributed by atoms with E-state index in [1.54, 1.807) is 0 Å². The zero-order chi connectivity index (χ0) is 10.8. The maximum atomic E-state index is 9.55. The van der Waals surface area contributed by atoms with Crippen LogP contribution in [0.3, 0.4) is 0 Å². The van der Waals surface area contributed by atoms with Crippen molar-refractivity contribution in [1.82, 2.24) is 4.90 Å². The predicted molar refractivity (Wildman–Crippen MR) is 59.2 cm³/mol. The largest absolute Gasteiger partial charge is 0.391 e. The number of nitrogens with zero attached hydrogens (tertiary/aromatic N) is 1. The Morgan fingerprint density at radius 3 is 2.43 bits per heavy atom. The summed E-state index contributed by atoms with van der Waals surface area (Å²) in [7, 11) is 0. The monoisotopic (exact) mass is 200 g/mol. The third-order valence-corrected chi connectivity index (χ3v) is 3.91. The topological polar surface area (TPSA) is 49.5 Å². The maximum absolute atomic E-state index is 9.55. The van der Waals surface area contributed by atoms with Crippen LogP contribution in [-0.4, -0.2) is 40.8 Å². The second-order valence-corrected chi connectivity index (χ2v) is 4.67. The molecule has 14 heavy (non-hydrogen) atoms. The van der Waals surface area contributed by atoms with Gasteiger partial charge in [-0.05, 0) is 26.2 Å². The van der Waals surface area contributed by atoms with Crippen molar-refractivity contribution in [3.05, 3.63) is 0 Å². The molecule has 1 fully saturated rings. The highest BCUT2D eigenvalue weighted by Crippen LogP contribution is 2.26. The summed E-state index contributed by atoms with van der Waals surface area (Å²) >= 11 is 0. The number of hydrogen-bond donors (Lipinski definition) is 2. The van der Waals surface area contributed by atoms with E-state index in [0.29, 0.717) is 0 Å². The van der Waals surface area contributed by atoms with Crippen LogP contribution in [0.4, 0.5) is 0 Å². The van der Waals surface area contributed by atoms with Crippen molar-refractivity contribution in [2.24, 2.45) is 5.73 Å². The SMILES string of the molecule is CCC(C)(CC)N1CCC(O)C(N)C1. The molecule has 0 aromatic heterocycles. The Labute approximate surface area is 87.3 Å². The predicted octanol–water partition coefficient (Wildman–Crippen LogP) is 0.959. The van der Waals surface area contributed by atoms with Gasteiger partial charge in [-0.25, -0.2) is 0 Å². The molecule has 3 nitrogen and oxygen atoms in total. The molecule has 0 aliphatic carbocycles. The first-order chi connectivity index (χ1) is 6.53. The molecule has 0 spiro atoms. The van der Waals surface area contributed by atoms with Gasteiger partial charge in [-0.1, -0.05) is 13.8 Å². The third-order valence-electron chi connectivity index (χ3n) is 3.91. The summed E-state index contributed by atoms with van der Waals surface area (Å²) in [5.74, 6) is 0. The molecule has 0 bridgehead atoms. The highest BCUT2D eigenvalue weighted by Gasteiger charge is 2.34. The molecule has 0 aromatic carbocycles. The fourth-order valence-electron chi connectivity index (χ4n) is 2.16. The minimum Gasteiger partial charge on any atom is -0.391 e. The molecule has 0 amide bonds. The van der Waals surface area contributed by atoms with Gasteiger partial charge in [0.05, 0.1) is 6.10 Å². The molecule has 0 saturated carbocycles. The minimum absolute atomic E-state index is 0.0684. The Kier molecular flexibility index (Phi) is 3.93. The highest BCUT2D eigenvalue weighted by atomic mass is 16.3. The Morgan fingerprint density at radius 1 is 1.43 bits per heavy atom. The zero-order valence-electron chi connectivity index (χ0n) is 9.66. The summed E-state index contributed by atoms with van der Waals surface area (Å²) in [5.41, 5.74) is 6.14. The maximum Gasteiger partial charge on any atom is 0.0715 e. The quantitative estimate of drug-likeness (QED) is 0.713. The molecule has 2 atom stereocenters. The van der Waals surface area contributed by atoms with Crippen LogP contribution in [0, 0.1) is 0 Å². The number of hydrogen-bond acceptors (Lipinski definition) is 3. The average molecular weight is 200 g/mol. The normalized spacial score (nSPS) is 30.6. The minimum atomic E-state index is -0.302. The van der Waals surface area contributed by atoms with Gasteiger partial charge in [0.15, 0.2) is 0 Å². The molecule has 1 aliphatic heterocycles. The lowest BCUT2D eigenvalue weighted by atomic mass is 9.89. The van der Waals surface area contributed by atoms with Crippen molar-refractivity contribution in [2.75, 3.05) is 13.1 Å². The molecule has 1 saturated heterocycles. The molecule has 3 heteroatoms. The summed E-state index contributed by atoms with van der Waals surface area (Å²) < 4.78 is 0. The van der Waals surface area contributed by atoms with Gasteiger partial charge in [0.1, 0.15) is 0 Å². The Bertz CT molecular complexity index is 180. The van der Waals surface area contributed by atoms with Gasteiger partial charge in [0.25, 0.3) is 0 Å². The van der Waals surface area contributed by atoms with E-state index in [-0.39, 0.29) is 17.7 Å². The van der Waals surface area contributed by atoms with E-state index >= 15 is 0 Å². The first-order valence-corrected chi connectivity index (χ1v) is 5.72. The number of likely N-dealkylation sites (tertiary alicyclic amines) is 1. The molecule has 1 heterocycles. The fraction of sp³-hybridized carbons (Fsp3) is 1.00. The van der Waals surface area contributed by atoms with E-state index in [4.69, 9.17) is 5.73 Å². The van der Waals surface area contributed by atoms with Crippen LogP contribution >= 0.6 is 0 Å². The van der Waals surface area contributed by atoms with Crippen LogP contribution < -0.4 is 5.73 Å². The molecule has 1 aliphatic rings. The highest BCUT2D eigenvalue weighted by molar-refractivity contribution is 4.91. The molecule has 0 radical (unpaired) electrons. The molecule has 0 aromatic rings. The standard InChI is InChI=1S/C11H24N2O/c1-4-11(3,5-2)13-7-6-10(14)9(12)8-13/h9-10,14H,4-8,12H2,1-3H3. The lowest BCUT2D eigenvalue weighted by molar-refractivity contribution is 0.00507. The van der Waals surface area contributed by atoms with Crippen molar-refractivity contribution < 1.29 is 5.11 Å². The van der Waals surface area contributed by atoms with E-state index < -0.39 is 0 Å². The van der Waals surface area contributed by atoms with Crippen LogP contribution in [0.15, 0.2) is 0 Å². The van der Waals surface area contributed by atoms with Crippen molar-refractivity contribution in [1.29, 1.82) is 0 Å². The van der Waals surface area contributed by atoms with Gasteiger partial charge in [0, 0.05) is 24.7 Å². The Hall–Kier alpha value is -0.120. The second kappa shape index (κ2) is 4.60. The number of aliphatic hydroxyl groups is 1. The van der Waals surface area contributed by atoms with Gasteiger partial charge in [-0.15, -0.1) is 0 Å². The van der Waals surface area contributed by atoms with Gasteiger partial charge >= 0.3 is 0 Å². The van der Waals surface area contributed by atoms with Crippen molar-refractivity contribution in [2.45, 2.75) is 57.7 Å². The number of piperidine rings is 1. The van der Waals surface area contributed by atoms with Crippen LogP contribution in [0.2, 0.25) is 0 Å². The molecule has 84 valence electrons. The van der Waals surface area contributed by atoms with E-state index in [1.165, 1.54) is 0 Å². The first kappa shape index (κ1) is 12.0. The van der Waals surface area contributed by atoms with Crippen molar-refractivity contribution in [3.63, 3.8) is 0 Å². The van der Waals surface area contributed by atoms with Crippen LogP contribution in [0.25, 0.3) is 0 Å². The fourth-order valence-corrected chi connectivity index (χ4v) is 2.16. The Balaban J connectivity index is 2.61. The van der Waals surface area contributed by atoms with Crippen molar-refractivity contribution >= 4 is 0 Å². The summed E-state index contributed by atoms with van der Waals surface area (Å²) in [6.07, 6.45) is 2.80. The van der Waals surface area contributed by atoms with Gasteiger partial charge < -0.3 is 10.8 Å². The molecule has 2 unspecified atom stereocenters. The third kappa shape index (κ3) is 2.27. The summed E-state index contributed by atoms with van der Waals surface area (Å²) in [6, 6.07) is -0.0684. The summed E-state index contributed by atoms with van der Waals surface area (Å²) in [6.45, 7) is 8.55.